The lowest BCUT2D eigenvalue weighted by molar-refractivity contribution is 0.0940. The predicted molar refractivity (Wildman–Crippen MR) is 82.6 cm³/mol. The van der Waals surface area contributed by atoms with Gasteiger partial charge in [0.1, 0.15) is 5.82 Å². The molecule has 3 rings (SSSR count). The molecule has 0 aliphatic carbocycles. The zero-order valence-electron chi connectivity index (χ0n) is 11.6. The Labute approximate surface area is 131 Å². The highest BCUT2D eigenvalue weighted by molar-refractivity contribution is 9.10. The fourth-order valence-corrected chi connectivity index (χ4v) is 2.83. The van der Waals surface area contributed by atoms with Crippen LogP contribution in [0.25, 0.3) is 0 Å². The molecule has 2 heterocycles. The molecule has 1 unspecified atom stereocenters. The first kappa shape index (κ1) is 14.5. The van der Waals surface area contributed by atoms with Crippen LogP contribution in [0.4, 0.5) is 10.1 Å². The van der Waals surface area contributed by atoms with Crippen LogP contribution >= 0.6 is 15.9 Å². The van der Waals surface area contributed by atoms with Crippen LogP contribution in [-0.4, -0.2) is 22.5 Å². The van der Waals surface area contributed by atoms with Gasteiger partial charge in [-0.2, -0.15) is 5.10 Å². The predicted octanol–water partition coefficient (Wildman–Crippen LogP) is 3.58. The number of anilines is 1. The molecule has 4 nitrogen and oxygen atoms in total. The molecule has 0 bridgehead atoms. The van der Waals surface area contributed by atoms with E-state index in [1.54, 1.807) is 18.3 Å². The third-order valence-electron chi connectivity index (χ3n) is 3.53. The standard InChI is InChI=1S/C15H17BrFN3O/c16-14-6-11(3-4-15(14)17)7-18-12-8-19-20(9-12)10-13-2-1-5-21-13/h3-4,6,8-9,13,18H,1-2,5,7,10H2. The highest BCUT2D eigenvalue weighted by Gasteiger charge is 2.16. The summed E-state index contributed by atoms with van der Waals surface area (Å²) in [5, 5.41) is 7.61. The van der Waals surface area contributed by atoms with Gasteiger partial charge in [-0.1, -0.05) is 6.07 Å². The maximum atomic E-state index is 13.2. The summed E-state index contributed by atoms with van der Waals surface area (Å²) in [5.41, 5.74) is 1.96. The maximum Gasteiger partial charge on any atom is 0.137 e. The van der Waals surface area contributed by atoms with Crippen molar-refractivity contribution in [3.63, 3.8) is 0 Å². The van der Waals surface area contributed by atoms with Gasteiger partial charge < -0.3 is 10.1 Å². The SMILES string of the molecule is Fc1ccc(CNc2cnn(CC3CCCO3)c2)cc1Br. The van der Waals surface area contributed by atoms with Gasteiger partial charge in [-0.15, -0.1) is 0 Å². The molecule has 112 valence electrons. The highest BCUT2D eigenvalue weighted by atomic mass is 79.9. The Bertz CT molecular complexity index is 611. The Hall–Kier alpha value is -1.40. The van der Waals surface area contributed by atoms with Crippen molar-refractivity contribution >= 4 is 21.6 Å². The lowest BCUT2D eigenvalue weighted by Gasteiger charge is -2.08. The summed E-state index contributed by atoms with van der Waals surface area (Å²) in [7, 11) is 0. The van der Waals surface area contributed by atoms with E-state index in [2.05, 4.69) is 26.3 Å². The summed E-state index contributed by atoms with van der Waals surface area (Å²) in [6, 6.07) is 5.00. The van der Waals surface area contributed by atoms with E-state index < -0.39 is 0 Å². The van der Waals surface area contributed by atoms with Crippen LogP contribution in [0.5, 0.6) is 0 Å². The fourth-order valence-electron chi connectivity index (χ4n) is 2.41. The monoisotopic (exact) mass is 353 g/mol. The molecule has 0 amide bonds. The number of hydrogen-bond donors (Lipinski definition) is 1. The summed E-state index contributed by atoms with van der Waals surface area (Å²) >= 11 is 3.19. The highest BCUT2D eigenvalue weighted by Crippen LogP contribution is 2.18. The van der Waals surface area contributed by atoms with Gasteiger partial charge in [-0.25, -0.2) is 4.39 Å². The van der Waals surface area contributed by atoms with Gasteiger partial charge >= 0.3 is 0 Å². The quantitative estimate of drug-likeness (QED) is 0.892. The molecule has 0 saturated carbocycles. The smallest absolute Gasteiger partial charge is 0.137 e. The van der Waals surface area contributed by atoms with Gasteiger partial charge in [0.05, 0.1) is 29.0 Å². The lowest BCUT2D eigenvalue weighted by atomic mass is 10.2. The Morgan fingerprint density at radius 1 is 1.48 bits per heavy atom. The normalized spacial score (nSPS) is 18.1. The van der Waals surface area contributed by atoms with E-state index in [0.29, 0.717) is 11.0 Å². The molecule has 0 radical (unpaired) electrons. The second kappa shape index (κ2) is 6.58. The van der Waals surface area contributed by atoms with Gasteiger partial charge in [0.25, 0.3) is 0 Å². The molecule has 6 heteroatoms. The number of nitrogens with zero attached hydrogens (tertiary/aromatic N) is 2. The van der Waals surface area contributed by atoms with Crippen LogP contribution in [0, 0.1) is 5.82 Å². The molecule has 1 atom stereocenters. The van der Waals surface area contributed by atoms with Crippen molar-refractivity contribution in [3.8, 4) is 0 Å². The maximum absolute atomic E-state index is 13.2. The lowest BCUT2D eigenvalue weighted by Crippen LogP contribution is -2.15. The van der Waals surface area contributed by atoms with Crippen LogP contribution in [0.15, 0.2) is 35.1 Å². The number of ether oxygens (including phenoxy) is 1. The minimum Gasteiger partial charge on any atom is -0.378 e. The van der Waals surface area contributed by atoms with Gasteiger partial charge in [0.2, 0.25) is 0 Å². The number of halogens is 2. The molecule has 1 aliphatic rings. The van der Waals surface area contributed by atoms with Gasteiger partial charge in [0.15, 0.2) is 0 Å². The van der Waals surface area contributed by atoms with E-state index in [1.807, 2.05) is 10.9 Å². The molecular weight excluding hydrogens is 337 g/mol. The number of nitrogens with one attached hydrogen (secondary N) is 1. The van der Waals surface area contributed by atoms with Crippen molar-refractivity contribution in [2.24, 2.45) is 0 Å². The Morgan fingerprint density at radius 2 is 2.38 bits per heavy atom. The zero-order valence-corrected chi connectivity index (χ0v) is 13.1. The van der Waals surface area contributed by atoms with Gasteiger partial charge in [-0.3, -0.25) is 4.68 Å². The summed E-state index contributed by atoms with van der Waals surface area (Å²) in [6.07, 6.45) is 6.29. The summed E-state index contributed by atoms with van der Waals surface area (Å²) in [4.78, 5) is 0. The first-order chi connectivity index (χ1) is 10.2. The third-order valence-corrected chi connectivity index (χ3v) is 4.14. The number of aromatic nitrogens is 2. The van der Waals surface area contributed by atoms with Crippen molar-refractivity contribution in [2.75, 3.05) is 11.9 Å². The van der Waals surface area contributed by atoms with E-state index in [-0.39, 0.29) is 11.9 Å². The molecular formula is C15H17BrFN3O. The average Bonchev–Trinajstić information content (AvgIpc) is 3.13. The van der Waals surface area contributed by atoms with Crippen LogP contribution in [0.1, 0.15) is 18.4 Å². The number of benzene rings is 1. The second-order valence-electron chi connectivity index (χ2n) is 5.19. The Kier molecular flexibility index (Phi) is 4.55. The third kappa shape index (κ3) is 3.83. The van der Waals surface area contributed by atoms with E-state index in [9.17, 15) is 4.39 Å². The fraction of sp³-hybridized carbons (Fsp3) is 0.400. The van der Waals surface area contributed by atoms with Crippen molar-refractivity contribution in [1.82, 2.24) is 9.78 Å². The molecule has 21 heavy (non-hydrogen) atoms. The van der Waals surface area contributed by atoms with Gasteiger partial charge in [0, 0.05) is 19.3 Å². The minimum absolute atomic E-state index is 0.247. The molecule has 1 aromatic carbocycles. The molecule has 1 N–H and O–H groups in total. The van der Waals surface area contributed by atoms with E-state index >= 15 is 0 Å². The van der Waals surface area contributed by atoms with E-state index in [1.165, 1.54) is 6.07 Å². The molecule has 1 aliphatic heterocycles. The summed E-state index contributed by atoms with van der Waals surface area (Å²) in [6.45, 7) is 2.28. The molecule has 2 aromatic rings. The van der Waals surface area contributed by atoms with Crippen LogP contribution in [0.2, 0.25) is 0 Å². The Morgan fingerprint density at radius 3 is 3.14 bits per heavy atom. The number of hydrogen-bond acceptors (Lipinski definition) is 3. The molecule has 0 spiro atoms. The van der Waals surface area contributed by atoms with Crippen LogP contribution < -0.4 is 5.32 Å². The summed E-state index contributed by atoms with van der Waals surface area (Å²) < 4.78 is 21.1. The second-order valence-corrected chi connectivity index (χ2v) is 6.04. The topological polar surface area (TPSA) is 39.1 Å². The van der Waals surface area contributed by atoms with Crippen molar-refractivity contribution in [1.29, 1.82) is 0 Å². The Balaban J connectivity index is 1.55. The van der Waals surface area contributed by atoms with E-state index in [4.69, 9.17) is 4.74 Å². The van der Waals surface area contributed by atoms with Crippen molar-refractivity contribution in [3.05, 3.63) is 46.4 Å². The van der Waals surface area contributed by atoms with Crippen molar-refractivity contribution in [2.45, 2.75) is 32.0 Å². The first-order valence-electron chi connectivity index (χ1n) is 7.02. The zero-order chi connectivity index (χ0) is 14.7. The summed E-state index contributed by atoms with van der Waals surface area (Å²) in [5.74, 6) is -0.247. The molecule has 1 aromatic heterocycles. The van der Waals surface area contributed by atoms with Crippen molar-refractivity contribution < 1.29 is 9.13 Å². The van der Waals surface area contributed by atoms with Crippen LogP contribution in [0.3, 0.4) is 0 Å². The number of rotatable bonds is 5. The van der Waals surface area contributed by atoms with E-state index in [0.717, 1.165) is 37.2 Å². The largest absolute Gasteiger partial charge is 0.378 e. The molecule has 1 saturated heterocycles. The average molecular weight is 354 g/mol. The minimum atomic E-state index is -0.247. The van der Waals surface area contributed by atoms with Crippen LogP contribution in [-0.2, 0) is 17.8 Å². The van der Waals surface area contributed by atoms with Gasteiger partial charge in [-0.05, 0) is 46.5 Å². The molecule has 1 fully saturated rings. The first-order valence-corrected chi connectivity index (χ1v) is 7.82.